The molecular weight excluding hydrogens is 386 g/mol. The molecule has 0 bridgehead atoms. The Kier molecular flexibility index (Phi) is 7.81. The van der Waals surface area contributed by atoms with Crippen molar-refractivity contribution in [1.82, 2.24) is 9.21 Å². The van der Waals surface area contributed by atoms with E-state index in [4.69, 9.17) is 0 Å². The van der Waals surface area contributed by atoms with Crippen molar-refractivity contribution in [2.24, 2.45) is 0 Å². The van der Waals surface area contributed by atoms with Crippen LogP contribution in [-0.4, -0.2) is 57.3 Å². The molecule has 29 heavy (non-hydrogen) atoms. The molecule has 0 saturated carbocycles. The number of sulfonamides is 1. The predicted octanol–water partition coefficient (Wildman–Crippen LogP) is 3.45. The highest BCUT2D eigenvalue weighted by Crippen LogP contribution is 2.21. The van der Waals surface area contributed by atoms with Gasteiger partial charge in [0.1, 0.15) is 0 Å². The Morgan fingerprint density at radius 3 is 1.83 bits per heavy atom. The van der Waals surface area contributed by atoms with Crippen molar-refractivity contribution in [3.8, 4) is 0 Å². The minimum absolute atomic E-state index is 0.0905. The largest absolute Gasteiger partial charge is 0.378 e. The highest BCUT2D eigenvalue weighted by Gasteiger charge is 2.24. The third-order valence-corrected chi connectivity index (χ3v) is 6.89. The number of benzene rings is 2. The van der Waals surface area contributed by atoms with Crippen molar-refractivity contribution in [3.05, 3.63) is 59.7 Å². The smallest absolute Gasteiger partial charge is 0.253 e. The highest BCUT2D eigenvalue weighted by atomic mass is 32.2. The van der Waals surface area contributed by atoms with Crippen molar-refractivity contribution in [3.63, 3.8) is 0 Å². The van der Waals surface area contributed by atoms with E-state index in [0.29, 0.717) is 31.7 Å². The standard InChI is InChI=1S/C22H31N3O3S/c1-6-24(7-2)22(26)19-11-15-21(16-12-19)29(27,28)25(8-3)17-18-9-13-20(14-10-18)23(4)5/h9-16H,6-8,17H2,1-5H3. The van der Waals surface area contributed by atoms with Crippen LogP contribution in [0.25, 0.3) is 0 Å². The summed E-state index contributed by atoms with van der Waals surface area (Å²) in [6, 6.07) is 14.1. The van der Waals surface area contributed by atoms with E-state index in [0.717, 1.165) is 11.3 Å². The van der Waals surface area contributed by atoms with E-state index in [1.165, 1.54) is 16.4 Å². The lowest BCUT2D eigenvalue weighted by Crippen LogP contribution is -2.31. The number of hydrogen-bond acceptors (Lipinski definition) is 4. The second-order valence-electron chi connectivity index (χ2n) is 6.99. The van der Waals surface area contributed by atoms with E-state index in [9.17, 15) is 13.2 Å². The molecule has 0 radical (unpaired) electrons. The fraction of sp³-hybridized carbons (Fsp3) is 0.409. The van der Waals surface area contributed by atoms with Crippen LogP contribution in [0.15, 0.2) is 53.4 Å². The Morgan fingerprint density at radius 1 is 0.828 bits per heavy atom. The fourth-order valence-electron chi connectivity index (χ4n) is 3.08. The number of nitrogens with zero attached hydrogens (tertiary/aromatic N) is 3. The van der Waals surface area contributed by atoms with Crippen molar-refractivity contribution in [1.29, 1.82) is 0 Å². The molecule has 0 aliphatic carbocycles. The maximum absolute atomic E-state index is 13.1. The van der Waals surface area contributed by atoms with Crippen LogP contribution in [0.3, 0.4) is 0 Å². The summed E-state index contributed by atoms with van der Waals surface area (Å²) in [6.07, 6.45) is 0. The SMILES string of the molecule is CCN(CC)C(=O)c1ccc(S(=O)(=O)N(CC)Cc2ccc(N(C)C)cc2)cc1. The van der Waals surface area contributed by atoms with E-state index in [-0.39, 0.29) is 10.8 Å². The van der Waals surface area contributed by atoms with Gasteiger partial charge >= 0.3 is 0 Å². The van der Waals surface area contributed by atoms with Gasteiger partial charge in [0.05, 0.1) is 4.90 Å². The average molecular weight is 418 g/mol. The molecule has 2 aromatic carbocycles. The van der Waals surface area contributed by atoms with Crippen molar-refractivity contribution in [2.45, 2.75) is 32.2 Å². The average Bonchev–Trinajstić information content (AvgIpc) is 2.73. The number of carbonyl (C=O) groups excluding carboxylic acids is 1. The van der Waals surface area contributed by atoms with E-state index >= 15 is 0 Å². The van der Waals surface area contributed by atoms with E-state index in [2.05, 4.69) is 0 Å². The molecule has 0 aliphatic rings. The number of rotatable bonds is 9. The molecule has 0 aliphatic heterocycles. The van der Waals surface area contributed by atoms with Crippen LogP contribution in [0.5, 0.6) is 0 Å². The molecule has 2 aromatic rings. The van der Waals surface area contributed by atoms with Gasteiger partial charge in [-0.3, -0.25) is 4.79 Å². The molecule has 0 aromatic heterocycles. The zero-order valence-corrected chi connectivity index (χ0v) is 18.7. The van der Waals surface area contributed by atoms with E-state index in [1.807, 2.05) is 64.0 Å². The molecule has 7 heteroatoms. The first-order chi connectivity index (χ1) is 13.7. The molecule has 0 saturated heterocycles. The summed E-state index contributed by atoms with van der Waals surface area (Å²) in [6.45, 7) is 7.56. The number of carbonyl (C=O) groups is 1. The van der Waals surface area contributed by atoms with Gasteiger partial charge in [-0.1, -0.05) is 19.1 Å². The van der Waals surface area contributed by atoms with Gasteiger partial charge in [-0.25, -0.2) is 8.42 Å². The maximum Gasteiger partial charge on any atom is 0.253 e. The summed E-state index contributed by atoms with van der Waals surface area (Å²) >= 11 is 0. The zero-order chi connectivity index (χ0) is 21.6. The van der Waals surface area contributed by atoms with Crippen LogP contribution < -0.4 is 4.90 Å². The van der Waals surface area contributed by atoms with Crippen LogP contribution in [0.1, 0.15) is 36.7 Å². The molecule has 6 nitrogen and oxygen atoms in total. The predicted molar refractivity (Wildman–Crippen MR) is 118 cm³/mol. The summed E-state index contributed by atoms with van der Waals surface area (Å²) in [5.41, 5.74) is 2.48. The van der Waals surface area contributed by atoms with Gasteiger partial charge in [-0.2, -0.15) is 4.31 Å². The lowest BCUT2D eigenvalue weighted by Gasteiger charge is -2.22. The van der Waals surface area contributed by atoms with Crippen LogP contribution in [-0.2, 0) is 16.6 Å². The zero-order valence-electron chi connectivity index (χ0n) is 17.9. The third-order valence-electron chi connectivity index (χ3n) is 4.95. The van der Waals surface area contributed by atoms with Crippen LogP contribution in [0.4, 0.5) is 5.69 Å². The van der Waals surface area contributed by atoms with E-state index in [1.54, 1.807) is 17.0 Å². The van der Waals surface area contributed by atoms with Gasteiger partial charge in [-0.15, -0.1) is 0 Å². The molecule has 2 rings (SSSR count). The molecule has 0 spiro atoms. The Bertz CT molecular complexity index is 903. The van der Waals surface area contributed by atoms with Gasteiger partial charge in [0, 0.05) is 51.5 Å². The third kappa shape index (κ3) is 5.36. The quantitative estimate of drug-likeness (QED) is 0.627. The monoisotopic (exact) mass is 417 g/mol. The Balaban J connectivity index is 2.21. The number of hydrogen-bond donors (Lipinski definition) is 0. The number of anilines is 1. The minimum atomic E-state index is -3.65. The normalized spacial score (nSPS) is 11.5. The maximum atomic E-state index is 13.1. The van der Waals surface area contributed by atoms with Crippen molar-refractivity contribution in [2.75, 3.05) is 38.6 Å². The van der Waals surface area contributed by atoms with Gasteiger partial charge in [0.2, 0.25) is 10.0 Å². The summed E-state index contributed by atoms with van der Waals surface area (Å²) in [5, 5.41) is 0. The van der Waals surface area contributed by atoms with Crippen LogP contribution >= 0.6 is 0 Å². The second-order valence-corrected chi connectivity index (χ2v) is 8.93. The summed E-state index contributed by atoms with van der Waals surface area (Å²) in [7, 11) is 0.278. The summed E-state index contributed by atoms with van der Waals surface area (Å²) < 4.78 is 27.6. The highest BCUT2D eigenvalue weighted by molar-refractivity contribution is 7.89. The van der Waals surface area contributed by atoms with Crippen LogP contribution in [0, 0.1) is 0 Å². The van der Waals surface area contributed by atoms with Crippen molar-refractivity contribution >= 4 is 21.6 Å². The molecule has 158 valence electrons. The Morgan fingerprint density at radius 2 is 1.38 bits per heavy atom. The Labute approximate surface area is 174 Å². The molecule has 0 heterocycles. The molecule has 0 N–H and O–H groups in total. The van der Waals surface area contributed by atoms with Gasteiger partial charge < -0.3 is 9.80 Å². The first-order valence-corrected chi connectivity index (χ1v) is 11.3. The second kappa shape index (κ2) is 9.89. The Hall–Kier alpha value is -2.38. The molecular formula is C22H31N3O3S. The topological polar surface area (TPSA) is 60.9 Å². The fourth-order valence-corrected chi connectivity index (χ4v) is 4.52. The molecule has 1 amide bonds. The first kappa shape index (κ1) is 22.9. The van der Waals surface area contributed by atoms with Gasteiger partial charge in [0.25, 0.3) is 5.91 Å². The van der Waals surface area contributed by atoms with E-state index < -0.39 is 10.0 Å². The molecule has 0 unspecified atom stereocenters. The van der Waals surface area contributed by atoms with Crippen LogP contribution in [0.2, 0.25) is 0 Å². The van der Waals surface area contributed by atoms with Gasteiger partial charge in [-0.05, 0) is 55.8 Å². The lowest BCUT2D eigenvalue weighted by atomic mass is 10.2. The van der Waals surface area contributed by atoms with Gasteiger partial charge in [0.15, 0.2) is 0 Å². The lowest BCUT2D eigenvalue weighted by molar-refractivity contribution is 0.0773. The summed E-state index contributed by atoms with van der Waals surface area (Å²) in [5.74, 6) is -0.0905. The molecule has 0 atom stereocenters. The minimum Gasteiger partial charge on any atom is -0.378 e. The first-order valence-electron chi connectivity index (χ1n) is 9.90. The summed E-state index contributed by atoms with van der Waals surface area (Å²) in [4.78, 5) is 16.3. The number of amides is 1. The van der Waals surface area contributed by atoms with Crippen molar-refractivity contribution < 1.29 is 13.2 Å². The molecule has 0 fully saturated rings.